The summed E-state index contributed by atoms with van der Waals surface area (Å²) >= 11 is 0. The minimum atomic E-state index is -0.248. The van der Waals surface area contributed by atoms with Crippen molar-refractivity contribution in [1.82, 2.24) is 15.6 Å². The zero-order valence-corrected chi connectivity index (χ0v) is 9.55. The summed E-state index contributed by atoms with van der Waals surface area (Å²) in [6.07, 6.45) is 0. The molecule has 1 heterocycles. The van der Waals surface area contributed by atoms with Gasteiger partial charge in [0.25, 0.3) is 0 Å². The lowest BCUT2D eigenvalue weighted by Crippen LogP contribution is -2.40. The predicted molar refractivity (Wildman–Crippen MR) is 56.3 cm³/mol. The van der Waals surface area contributed by atoms with Crippen molar-refractivity contribution < 1.29 is 9.21 Å². The monoisotopic (exact) mass is 211 g/mol. The molecule has 5 nitrogen and oxygen atoms in total. The van der Waals surface area contributed by atoms with E-state index in [-0.39, 0.29) is 11.9 Å². The quantitative estimate of drug-likeness (QED) is 0.761. The van der Waals surface area contributed by atoms with Gasteiger partial charge in [0.1, 0.15) is 5.76 Å². The molecular formula is C10H17N3O2. The molecule has 0 aromatic carbocycles. The van der Waals surface area contributed by atoms with Gasteiger partial charge in [0.2, 0.25) is 11.8 Å². The first-order valence-electron chi connectivity index (χ1n) is 4.92. The average Bonchev–Trinajstić information content (AvgIpc) is 2.54. The molecule has 0 aliphatic rings. The van der Waals surface area contributed by atoms with Crippen molar-refractivity contribution in [3.05, 3.63) is 17.3 Å². The zero-order chi connectivity index (χ0) is 11.4. The summed E-state index contributed by atoms with van der Waals surface area (Å²) in [6.45, 7) is 6.02. The fraction of sp³-hybridized carbons (Fsp3) is 0.600. The van der Waals surface area contributed by atoms with E-state index in [1.807, 2.05) is 13.8 Å². The van der Waals surface area contributed by atoms with Gasteiger partial charge in [-0.3, -0.25) is 10.1 Å². The number of aromatic nitrogens is 1. The Balaban J connectivity index is 2.47. The number of oxazole rings is 1. The molecule has 0 radical (unpaired) electrons. The highest BCUT2D eigenvalue weighted by Crippen LogP contribution is 2.07. The van der Waals surface area contributed by atoms with E-state index < -0.39 is 0 Å². The minimum absolute atomic E-state index is 0.0463. The van der Waals surface area contributed by atoms with Gasteiger partial charge in [-0.15, -0.1) is 0 Å². The van der Waals surface area contributed by atoms with Crippen molar-refractivity contribution >= 4 is 5.91 Å². The third-order valence-electron chi connectivity index (χ3n) is 2.27. The Bertz CT molecular complexity index is 327. The van der Waals surface area contributed by atoms with Crippen LogP contribution in [-0.4, -0.2) is 24.0 Å². The van der Waals surface area contributed by atoms with Crippen molar-refractivity contribution in [2.45, 2.75) is 33.4 Å². The first kappa shape index (κ1) is 11.7. The maximum atomic E-state index is 11.2. The Morgan fingerprint density at radius 1 is 1.53 bits per heavy atom. The van der Waals surface area contributed by atoms with Crippen LogP contribution in [0, 0.1) is 13.8 Å². The molecule has 1 aromatic rings. The van der Waals surface area contributed by atoms with Crippen molar-refractivity contribution in [3.8, 4) is 0 Å². The van der Waals surface area contributed by atoms with Crippen LogP contribution in [0.2, 0.25) is 0 Å². The molecule has 1 unspecified atom stereocenters. The normalized spacial score (nSPS) is 12.5. The summed E-state index contributed by atoms with van der Waals surface area (Å²) in [6, 6.07) is -0.248. The molecule has 15 heavy (non-hydrogen) atoms. The van der Waals surface area contributed by atoms with Crippen molar-refractivity contribution in [1.29, 1.82) is 0 Å². The number of rotatable bonds is 4. The number of carbonyl (C=O) groups excluding carboxylic acids is 1. The number of amides is 1. The minimum Gasteiger partial charge on any atom is -0.444 e. The van der Waals surface area contributed by atoms with E-state index in [0.717, 1.165) is 11.5 Å². The van der Waals surface area contributed by atoms with Gasteiger partial charge in [0.15, 0.2) is 0 Å². The van der Waals surface area contributed by atoms with E-state index in [4.69, 9.17) is 4.42 Å². The summed E-state index contributed by atoms with van der Waals surface area (Å²) in [7, 11) is 1.61. The smallest absolute Gasteiger partial charge is 0.236 e. The second-order valence-corrected chi connectivity index (χ2v) is 3.47. The van der Waals surface area contributed by atoms with Crippen LogP contribution in [0.1, 0.15) is 24.3 Å². The van der Waals surface area contributed by atoms with Gasteiger partial charge in [-0.05, 0) is 20.8 Å². The van der Waals surface area contributed by atoms with Gasteiger partial charge in [0.05, 0.1) is 18.3 Å². The summed E-state index contributed by atoms with van der Waals surface area (Å²) in [4.78, 5) is 15.4. The molecule has 2 N–H and O–H groups in total. The summed E-state index contributed by atoms with van der Waals surface area (Å²) in [5, 5.41) is 5.59. The second-order valence-electron chi connectivity index (χ2n) is 3.47. The highest BCUT2D eigenvalue weighted by atomic mass is 16.4. The van der Waals surface area contributed by atoms with E-state index in [9.17, 15) is 4.79 Å². The number of nitrogens with one attached hydrogen (secondary N) is 2. The van der Waals surface area contributed by atoms with Gasteiger partial charge in [-0.25, -0.2) is 4.98 Å². The Kier molecular flexibility index (Phi) is 3.85. The van der Waals surface area contributed by atoms with Crippen molar-refractivity contribution in [2.24, 2.45) is 0 Å². The average molecular weight is 211 g/mol. The van der Waals surface area contributed by atoms with Crippen molar-refractivity contribution in [3.63, 3.8) is 0 Å². The molecule has 1 rings (SSSR count). The molecule has 0 aliphatic carbocycles. The van der Waals surface area contributed by atoms with Crippen LogP contribution >= 0.6 is 0 Å². The van der Waals surface area contributed by atoms with Gasteiger partial charge in [-0.2, -0.15) is 0 Å². The Morgan fingerprint density at radius 3 is 2.67 bits per heavy atom. The van der Waals surface area contributed by atoms with Crippen LogP contribution in [0.5, 0.6) is 0 Å². The largest absolute Gasteiger partial charge is 0.444 e. The molecule has 1 amide bonds. The van der Waals surface area contributed by atoms with Crippen LogP contribution in [0.4, 0.5) is 0 Å². The molecule has 1 atom stereocenters. The summed E-state index contributed by atoms with van der Waals surface area (Å²) < 4.78 is 5.37. The molecular weight excluding hydrogens is 194 g/mol. The number of hydrogen-bond donors (Lipinski definition) is 2. The molecule has 84 valence electrons. The van der Waals surface area contributed by atoms with Gasteiger partial charge in [0, 0.05) is 7.05 Å². The van der Waals surface area contributed by atoms with E-state index in [2.05, 4.69) is 15.6 Å². The molecule has 5 heteroatoms. The predicted octanol–water partition coefficient (Wildman–Crippen LogP) is 0.516. The number of carbonyl (C=O) groups is 1. The fourth-order valence-electron chi connectivity index (χ4n) is 1.16. The summed E-state index contributed by atoms with van der Waals surface area (Å²) in [5.74, 6) is 1.38. The van der Waals surface area contributed by atoms with Crippen LogP contribution in [-0.2, 0) is 11.3 Å². The third kappa shape index (κ3) is 3.06. The summed E-state index contributed by atoms with van der Waals surface area (Å²) in [5.41, 5.74) is 0.888. The molecule has 0 fully saturated rings. The third-order valence-corrected chi connectivity index (χ3v) is 2.27. The Hall–Kier alpha value is -1.36. The standard InChI is InChI=1S/C10H17N3O2/c1-6-8(3)15-9(13-6)5-12-7(2)10(14)11-4/h7,12H,5H2,1-4H3,(H,11,14). The van der Waals surface area contributed by atoms with E-state index >= 15 is 0 Å². The SMILES string of the molecule is CNC(=O)C(C)NCc1nc(C)c(C)o1. The van der Waals surface area contributed by atoms with Crippen LogP contribution in [0.15, 0.2) is 4.42 Å². The topological polar surface area (TPSA) is 67.2 Å². The molecule has 0 spiro atoms. The number of aryl methyl sites for hydroxylation is 2. The van der Waals surface area contributed by atoms with Gasteiger partial charge < -0.3 is 9.73 Å². The van der Waals surface area contributed by atoms with Crippen LogP contribution in [0.3, 0.4) is 0 Å². The molecule has 0 saturated heterocycles. The first-order chi connectivity index (χ1) is 7.04. The highest BCUT2D eigenvalue weighted by molar-refractivity contribution is 5.80. The fourth-order valence-corrected chi connectivity index (χ4v) is 1.16. The molecule has 0 aliphatic heterocycles. The number of hydrogen-bond acceptors (Lipinski definition) is 4. The number of likely N-dealkylation sites (N-methyl/N-ethyl adjacent to an activating group) is 1. The lowest BCUT2D eigenvalue weighted by molar-refractivity contribution is -0.122. The van der Waals surface area contributed by atoms with E-state index in [1.165, 1.54) is 0 Å². The molecule has 0 saturated carbocycles. The van der Waals surface area contributed by atoms with E-state index in [1.54, 1.807) is 14.0 Å². The zero-order valence-electron chi connectivity index (χ0n) is 9.55. The van der Waals surface area contributed by atoms with Crippen molar-refractivity contribution in [2.75, 3.05) is 7.05 Å². The highest BCUT2D eigenvalue weighted by Gasteiger charge is 2.12. The molecule has 1 aromatic heterocycles. The lowest BCUT2D eigenvalue weighted by Gasteiger charge is -2.09. The second kappa shape index (κ2) is 4.93. The van der Waals surface area contributed by atoms with E-state index in [0.29, 0.717) is 12.4 Å². The maximum Gasteiger partial charge on any atom is 0.236 e. The lowest BCUT2D eigenvalue weighted by atomic mass is 10.3. The van der Waals surface area contributed by atoms with Gasteiger partial charge >= 0.3 is 0 Å². The number of nitrogens with zero attached hydrogens (tertiary/aromatic N) is 1. The van der Waals surface area contributed by atoms with Gasteiger partial charge in [-0.1, -0.05) is 0 Å². The molecule has 0 bridgehead atoms. The Morgan fingerprint density at radius 2 is 2.20 bits per heavy atom. The van der Waals surface area contributed by atoms with Crippen LogP contribution < -0.4 is 10.6 Å². The maximum absolute atomic E-state index is 11.2. The first-order valence-corrected chi connectivity index (χ1v) is 4.92. The Labute approximate surface area is 89.3 Å². The van der Waals surface area contributed by atoms with Crippen LogP contribution in [0.25, 0.3) is 0 Å².